The number of aliphatic carboxylic acids is 1. The number of carbonyl (C=O) groups is 2. The highest BCUT2D eigenvalue weighted by atomic mass is 16.5. The molecule has 5 rings (SSSR count). The number of carboxylic acids is 1. The molecule has 8 heteroatoms. The number of aryl methyl sites for hydroxylation is 1. The van der Waals surface area contributed by atoms with Crippen molar-refractivity contribution in [3.63, 3.8) is 0 Å². The fourth-order valence-electron chi connectivity index (χ4n) is 7.27. The average Bonchev–Trinajstić information content (AvgIpc) is 2.95. The minimum atomic E-state index is -0.727. The number of carboxylic acid groups (broad SMARTS) is 1. The molecule has 2 aromatic rings. The summed E-state index contributed by atoms with van der Waals surface area (Å²) in [5.41, 5.74) is 4.94. The van der Waals surface area contributed by atoms with Crippen LogP contribution in [-0.4, -0.2) is 48.7 Å². The predicted molar refractivity (Wildman–Crippen MR) is 170 cm³/mol. The molecule has 3 aliphatic heterocycles. The van der Waals surface area contributed by atoms with Crippen LogP contribution in [0.15, 0.2) is 29.3 Å². The van der Waals surface area contributed by atoms with Crippen LogP contribution in [0.5, 0.6) is 11.5 Å². The summed E-state index contributed by atoms with van der Waals surface area (Å²) in [6, 6.07) is 8.82. The molecule has 0 fully saturated rings. The Hall–Kier alpha value is -3.42. The Labute approximate surface area is 255 Å². The van der Waals surface area contributed by atoms with Gasteiger partial charge in [0.25, 0.3) is 0 Å². The van der Waals surface area contributed by atoms with Gasteiger partial charge in [0, 0.05) is 61.6 Å². The van der Waals surface area contributed by atoms with Crippen LogP contribution in [0.25, 0.3) is 0 Å². The first-order valence-corrected chi connectivity index (χ1v) is 16.4. The molecular weight excluding hydrogens is 540 g/mol. The second-order valence-corrected chi connectivity index (χ2v) is 13.2. The van der Waals surface area contributed by atoms with Crippen LogP contribution in [0.2, 0.25) is 0 Å². The predicted octanol–water partition coefficient (Wildman–Crippen LogP) is 5.61. The maximum Gasteiger partial charge on any atom is 0.303 e. The molecule has 43 heavy (non-hydrogen) atoms. The highest BCUT2D eigenvalue weighted by Crippen LogP contribution is 2.48. The summed E-state index contributed by atoms with van der Waals surface area (Å²) < 4.78 is 8.96. The number of unbranched alkanes of at least 4 members (excludes halogenated alkanes) is 4. The maximum absolute atomic E-state index is 12.4. The second kappa shape index (κ2) is 13.5. The van der Waals surface area contributed by atoms with Gasteiger partial charge in [-0.1, -0.05) is 26.2 Å². The zero-order valence-corrected chi connectivity index (χ0v) is 26.5. The van der Waals surface area contributed by atoms with Crippen molar-refractivity contribution < 1.29 is 19.4 Å². The van der Waals surface area contributed by atoms with Crippen molar-refractivity contribution in [1.29, 1.82) is 0 Å². The summed E-state index contributed by atoms with van der Waals surface area (Å²) in [5, 5.41) is 13.9. The number of carbonyl (C=O) groups excluding carboxylic acids is 1. The molecule has 0 radical (unpaired) electrons. The quantitative estimate of drug-likeness (QED) is 0.200. The molecule has 2 N–H and O–H groups in total. The smallest absolute Gasteiger partial charge is 0.303 e. The van der Waals surface area contributed by atoms with E-state index in [-0.39, 0.29) is 17.9 Å². The summed E-state index contributed by atoms with van der Waals surface area (Å²) in [5.74, 6) is 1.48. The molecule has 0 aromatic heterocycles. The van der Waals surface area contributed by atoms with Crippen LogP contribution in [-0.2, 0) is 16.0 Å². The number of hydrogen-bond acceptors (Lipinski definition) is 5. The largest absolute Gasteiger partial charge is 0.481 e. The first kappa shape index (κ1) is 31.0. The van der Waals surface area contributed by atoms with Gasteiger partial charge in [0.1, 0.15) is 24.1 Å². The van der Waals surface area contributed by atoms with Crippen molar-refractivity contribution in [1.82, 2.24) is 9.89 Å². The Morgan fingerprint density at radius 1 is 1.07 bits per heavy atom. The zero-order chi connectivity index (χ0) is 30.6. The number of nitrogens with zero attached hydrogens (tertiary/aromatic N) is 3. The van der Waals surface area contributed by atoms with Gasteiger partial charge in [-0.25, -0.2) is 9.57 Å². The number of ether oxygens (including phenoxy) is 1. The standard InChI is InChI=1S/C35H48N4O4/c1-5-39-30-22-32-28(20-26(30)24(2)23-35(39,3)4)37-27-19-25-13-11-17-38(29(25)21-31(27)43-32)18-12-14-33(40)36-16-10-8-6-7-9-15-34(41)42/h19-22,24H,5-18,23H2,1-4H3,(H-,36,40,41,42)/p+1. The average molecular weight is 590 g/mol. The summed E-state index contributed by atoms with van der Waals surface area (Å²) in [6.07, 6.45) is 9.44. The first-order valence-electron chi connectivity index (χ1n) is 16.4. The second-order valence-electron chi connectivity index (χ2n) is 13.2. The molecule has 0 saturated heterocycles. The first-order chi connectivity index (χ1) is 20.7. The highest BCUT2D eigenvalue weighted by Gasteiger charge is 2.36. The Bertz CT molecular complexity index is 1480. The number of amides is 1. The van der Waals surface area contributed by atoms with Gasteiger partial charge in [0.15, 0.2) is 11.5 Å². The third-order valence-corrected chi connectivity index (χ3v) is 9.34. The van der Waals surface area contributed by atoms with E-state index >= 15 is 0 Å². The molecule has 0 bridgehead atoms. The third kappa shape index (κ3) is 7.22. The van der Waals surface area contributed by atoms with Gasteiger partial charge in [-0.15, -0.1) is 0 Å². The number of hydrogen-bond donors (Lipinski definition) is 2. The van der Waals surface area contributed by atoms with Crippen molar-refractivity contribution in [3.05, 3.63) is 46.1 Å². The Morgan fingerprint density at radius 3 is 2.65 bits per heavy atom. The molecule has 0 spiro atoms. The normalized spacial score (nSPS) is 18.0. The van der Waals surface area contributed by atoms with E-state index < -0.39 is 5.97 Å². The SMILES string of the molecule is CCN1c2cc3c(cc2C(C)CC1(C)C)N=c1cc2c(cc1O3)=[N+](CCCC(=O)NCCCCCCCC(=O)O)CCC2. The van der Waals surface area contributed by atoms with Crippen LogP contribution < -0.4 is 30.2 Å². The van der Waals surface area contributed by atoms with Crippen molar-refractivity contribution in [2.75, 3.05) is 31.1 Å². The van der Waals surface area contributed by atoms with E-state index in [1.165, 1.54) is 22.2 Å². The lowest BCUT2D eigenvalue weighted by Crippen LogP contribution is -2.48. The molecule has 0 saturated carbocycles. The van der Waals surface area contributed by atoms with E-state index in [2.05, 4.69) is 66.8 Å². The summed E-state index contributed by atoms with van der Waals surface area (Å²) >= 11 is 0. The Balaban J connectivity index is 1.22. The Kier molecular flexibility index (Phi) is 9.72. The van der Waals surface area contributed by atoms with Gasteiger partial charge in [-0.3, -0.25) is 9.59 Å². The highest BCUT2D eigenvalue weighted by molar-refractivity contribution is 5.75. The van der Waals surface area contributed by atoms with E-state index in [1.807, 2.05) is 0 Å². The Morgan fingerprint density at radius 2 is 1.86 bits per heavy atom. The topological polar surface area (TPSA) is 94.2 Å². The van der Waals surface area contributed by atoms with E-state index in [4.69, 9.17) is 14.8 Å². The van der Waals surface area contributed by atoms with Crippen LogP contribution in [0.4, 0.5) is 11.4 Å². The van der Waals surface area contributed by atoms with Gasteiger partial charge in [0.05, 0.1) is 6.07 Å². The van der Waals surface area contributed by atoms with Crippen LogP contribution in [0.1, 0.15) is 109 Å². The van der Waals surface area contributed by atoms with E-state index in [0.29, 0.717) is 18.9 Å². The van der Waals surface area contributed by atoms with Crippen molar-refractivity contribution in [3.8, 4) is 11.5 Å². The number of nitrogens with one attached hydrogen (secondary N) is 1. The van der Waals surface area contributed by atoms with Crippen LogP contribution >= 0.6 is 0 Å². The summed E-state index contributed by atoms with van der Waals surface area (Å²) in [4.78, 5) is 30.6. The number of fused-ring (bicyclic) bond motifs is 4. The molecule has 1 amide bonds. The minimum Gasteiger partial charge on any atom is -0.481 e. The van der Waals surface area contributed by atoms with Gasteiger partial charge >= 0.3 is 5.97 Å². The lowest BCUT2D eigenvalue weighted by Gasteiger charge is -2.47. The van der Waals surface area contributed by atoms with Crippen molar-refractivity contribution in [2.24, 2.45) is 4.99 Å². The lowest BCUT2D eigenvalue weighted by atomic mass is 9.80. The molecule has 0 aliphatic carbocycles. The number of anilines is 1. The molecule has 1 unspecified atom stereocenters. The molecular formula is C35H49N4O4+. The van der Waals surface area contributed by atoms with Crippen molar-refractivity contribution >= 4 is 23.3 Å². The molecule has 3 heterocycles. The minimum absolute atomic E-state index is 0.0973. The van der Waals surface area contributed by atoms with Gasteiger partial charge in [-0.2, -0.15) is 0 Å². The van der Waals surface area contributed by atoms with E-state index in [9.17, 15) is 9.59 Å². The van der Waals surface area contributed by atoms with Gasteiger partial charge < -0.3 is 20.1 Å². The molecule has 8 nitrogen and oxygen atoms in total. The van der Waals surface area contributed by atoms with E-state index in [1.54, 1.807) is 0 Å². The van der Waals surface area contributed by atoms with Gasteiger partial charge in [0.2, 0.25) is 11.3 Å². The van der Waals surface area contributed by atoms with E-state index in [0.717, 1.165) is 100.0 Å². The molecule has 232 valence electrons. The van der Waals surface area contributed by atoms with Crippen LogP contribution in [0, 0.1) is 0 Å². The molecule has 3 aliphatic rings. The van der Waals surface area contributed by atoms with Crippen LogP contribution in [0.3, 0.4) is 0 Å². The third-order valence-electron chi connectivity index (χ3n) is 9.34. The van der Waals surface area contributed by atoms with Gasteiger partial charge in [-0.05, 0) is 70.1 Å². The zero-order valence-electron chi connectivity index (χ0n) is 26.5. The lowest BCUT2D eigenvalue weighted by molar-refractivity contribution is -0.137. The monoisotopic (exact) mass is 589 g/mol. The fraction of sp³-hybridized carbons (Fsp3) is 0.600. The number of rotatable bonds is 13. The number of benzene rings is 2. The summed E-state index contributed by atoms with van der Waals surface area (Å²) in [7, 11) is 0. The van der Waals surface area contributed by atoms with Crippen molar-refractivity contribution in [2.45, 2.75) is 110 Å². The summed E-state index contributed by atoms with van der Waals surface area (Å²) in [6.45, 7) is 12.7. The molecule has 2 aromatic carbocycles. The molecule has 1 atom stereocenters. The fourth-order valence-corrected chi connectivity index (χ4v) is 7.27. The maximum atomic E-state index is 12.4.